The molecular formula is C10H13N5O. The molecular weight excluding hydrogens is 206 g/mol. The van der Waals surface area contributed by atoms with Gasteiger partial charge in [0.15, 0.2) is 5.75 Å². The number of ether oxygens (including phenoxy) is 1. The van der Waals surface area contributed by atoms with Gasteiger partial charge in [0.2, 0.25) is 0 Å². The molecule has 6 heteroatoms. The highest BCUT2D eigenvalue weighted by Crippen LogP contribution is 2.15. The second kappa shape index (κ2) is 4.71. The zero-order chi connectivity index (χ0) is 11.4. The van der Waals surface area contributed by atoms with Crippen molar-refractivity contribution in [2.24, 2.45) is 7.05 Å². The Morgan fingerprint density at radius 3 is 2.62 bits per heavy atom. The molecule has 0 atom stereocenters. The van der Waals surface area contributed by atoms with Crippen LogP contribution in [0.2, 0.25) is 0 Å². The lowest BCUT2D eigenvalue weighted by Gasteiger charge is -2.01. The molecule has 0 unspecified atom stereocenters. The average molecular weight is 219 g/mol. The smallest absolute Gasteiger partial charge is 0.321 e. The van der Waals surface area contributed by atoms with Gasteiger partial charge in [-0.2, -0.15) is 5.10 Å². The summed E-state index contributed by atoms with van der Waals surface area (Å²) in [6.45, 7) is 0.743. The van der Waals surface area contributed by atoms with Gasteiger partial charge in [0.05, 0.1) is 12.4 Å². The van der Waals surface area contributed by atoms with Crippen LogP contribution in [-0.2, 0) is 13.6 Å². The van der Waals surface area contributed by atoms with Gasteiger partial charge in [-0.15, -0.1) is 0 Å². The molecule has 0 aliphatic heterocycles. The van der Waals surface area contributed by atoms with Crippen LogP contribution in [0.4, 0.5) is 0 Å². The second-order valence-electron chi connectivity index (χ2n) is 3.36. The van der Waals surface area contributed by atoms with Crippen LogP contribution in [0.3, 0.4) is 0 Å². The van der Waals surface area contributed by atoms with E-state index < -0.39 is 0 Å². The minimum Gasteiger partial charge on any atom is -0.421 e. The summed E-state index contributed by atoms with van der Waals surface area (Å²) in [5.41, 5.74) is 1.01. The molecule has 2 rings (SSSR count). The largest absolute Gasteiger partial charge is 0.421 e. The van der Waals surface area contributed by atoms with Crippen molar-refractivity contribution < 1.29 is 4.74 Å². The van der Waals surface area contributed by atoms with Crippen LogP contribution in [0.5, 0.6) is 11.8 Å². The standard InChI is InChI=1S/C10H13N5O/c1-11-3-8-4-12-10(13-5-8)16-9-6-14-15(2)7-9/h4-7,11H,3H2,1-2H3. The van der Waals surface area contributed by atoms with Gasteiger partial charge in [-0.3, -0.25) is 4.68 Å². The summed E-state index contributed by atoms with van der Waals surface area (Å²) in [6, 6.07) is 0.327. The second-order valence-corrected chi connectivity index (χ2v) is 3.36. The van der Waals surface area contributed by atoms with Gasteiger partial charge in [0.25, 0.3) is 0 Å². The maximum Gasteiger partial charge on any atom is 0.321 e. The van der Waals surface area contributed by atoms with Crippen molar-refractivity contribution in [2.45, 2.75) is 6.54 Å². The molecule has 0 amide bonds. The molecule has 0 saturated heterocycles. The molecule has 2 aromatic rings. The normalized spacial score (nSPS) is 10.4. The van der Waals surface area contributed by atoms with E-state index in [0.717, 1.165) is 12.1 Å². The number of hydrogen-bond acceptors (Lipinski definition) is 5. The Morgan fingerprint density at radius 1 is 1.31 bits per heavy atom. The summed E-state index contributed by atoms with van der Waals surface area (Å²) < 4.78 is 7.06. The van der Waals surface area contributed by atoms with Gasteiger partial charge in [-0.05, 0) is 7.05 Å². The van der Waals surface area contributed by atoms with Crippen molar-refractivity contribution in [1.29, 1.82) is 0 Å². The van der Waals surface area contributed by atoms with E-state index in [1.54, 1.807) is 29.5 Å². The first-order chi connectivity index (χ1) is 7.78. The molecule has 0 aliphatic rings. The number of aryl methyl sites for hydroxylation is 1. The third kappa shape index (κ3) is 2.54. The lowest BCUT2D eigenvalue weighted by atomic mass is 10.3. The van der Waals surface area contributed by atoms with E-state index >= 15 is 0 Å². The average Bonchev–Trinajstić information content (AvgIpc) is 2.67. The van der Waals surface area contributed by atoms with E-state index in [1.165, 1.54) is 0 Å². The first-order valence-electron chi connectivity index (χ1n) is 4.90. The maximum atomic E-state index is 5.41. The fourth-order valence-electron chi connectivity index (χ4n) is 1.25. The Hall–Kier alpha value is -1.95. The van der Waals surface area contributed by atoms with Crippen LogP contribution in [0.15, 0.2) is 24.8 Å². The fourth-order valence-corrected chi connectivity index (χ4v) is 1.25. The van der Waals surface area contributed by atoms with Crippen LogP contribution >= 0.6 is 0 Å². The zero-order valence-electron chi connectivity index (χ0n) is 9.21. The summed E-state index contributed by atoms with van der Waals surface area (Å²) in [5.74, 6) is 0.629. The molecule has 0 radical (unpaired) electrons. The predicted octanol–water partition coefficient (Wildman–Crippen LogP) is 0.722. The number of aromatic nitrogens is 4. The highest BCUT2D eigenvalue weighted by atomic mass is 16.5. The molecule has 0 fully saturated rings. The van der Waals surface area contributed by atoms with Gasteiger partial charge < -0.3 is 10.1 Å². The summed E-state index contributed by atoms with van der Waals surface area (Å²) in [4.78, 5) is 8.18. The molecule has 0 saturated carbocycles. The molecule has 0 aliphatic carbocycles. The minimum atomic E-state index is 0.327. The van der Waals surface area contributed by atoms with E-state index in [9.17, 15) is 0 Å². The van der Waals surface area contributed by atoms with Crippen LogP contribution < -0.4 is 10.1 Å². The number of nitrogens with one attached hydrogen (secondary N) is 1. The van der Waals surface area contributed by atoms with Crippen molar-refractivity contribution >= 4 is 0 Å². The summed E-state index contributed by atoms with van der Waals surface area (Å²) in [7, 11) is 3.70. The van der Waals surface area contributed by atoms with E-state index in [1.807, 2.05) is 14.1 Å². The maximum absolute atomic E-state index is 5.41. The Morgan fingerprint density at radius 2 is 2.06 bits per heavy atom. The molecule has 6 nitrogen and oxygen atoms in total. The van der Waals surface area contributed by atoms with E-state index in [2.05, 4.69) is 20.4 Å². The Kier molecular flexibility index (Phi) is 3.11. The van der Waals surface area contributed by atoms with Crippen molar-refractivity contribution in [2.75, 3.05) is 7.05 Å². The van der Waals surface area contributed by atoms with Crippen LogP contribution in [0, 0.1) is 0 Å². The lowest BCUT2D eigenvalue weighted by Crippen LogP contribution is -2.05. The van der Waals surface area contributed by atoms with Gasteiger partial charge in [0.1, 0.15) is 0 Å². The molecule has 0 aromatic carbocycles. The molecule has 0 bridgehead atoms. The van der Waals surface area contributed by atoms with Gasteiger partial charge in [-0.25, -0.2) is 9.97 Å². The third-order valence-electron chi connectivity index (χ3n) is 1.95. The monoisotopic (exact) mass is 219 g/mol. The molecule has 2 heterocycles. The predicted molar refractivity (Wildman–Crippen MR) is 58.1 cm³/mol. The number of nitrogens with zero attached hydrogens (tertiary/aromatic N) is 4. The first kappa shape index (κ1) is 10.6. The molecule has 84 valence electrons. The van der Waals surface area contributed by atoms with Crippen molar-refractivity contribution in [3.05, 3.63) is 30.4 Å². The molecule has 0 spiro atoms. The third-order valence-corrected chi connectivity index (χ3v) is 1.95. The van der Waals surface area contributed by atoms with Crippen molar-refractivity contribution in [3.63, 3.8) is 0 Å². The quantitative estimate of drug-likeness (QED) is 0.820. The molecule has 2 aromatic heterocycles. The van der Waals surface area contributed by atoms with Crippen molar-refractivity contribution in [1.82, 2.24) is 25.1 Å². The highest BCUT2D eigenvalue weighted by molar-refractivity contribution is 5.17. The fraction of sp³-hybridized carbons (Fsp3) is 0.300. The summed E-state index contributed by atoms with van der Waals surface area (Å²) in [5, 5.41) is 7.01. The SMILES string of the molecule is CNCc1cnc(Oc2cnn(C)c2)nc1. The number of hydrogen-bond donors (Lipinski definition) is 1. The van der Waals surface area contributed by atoms with Gasteiger partial charge >= 0.3 is 6.01 Å². The topological polar surface area (TPSA) is 64.9 Å². The van der Waals surface area contributed by atoms with Crippen LogP contribution in [-0.4, -0.2) is 26.8 Å². The molecule has 1 N–H and O–H groups in total. The number of rotatable bonds is 4. The van der Waals surface area contributed by atoms with Crippen LogP contribution in [0.25, 0.3) is 0 Å². The van der Waals surface area contributed by atoms with Gasteiger partial charge in [-0.1, -0.05) is 0 Å². The Bertz CT molecular complexity index is 450. The first-order valence-corrected chi connectivity index (χ1v) is 4.90. The zero-order valence-corrected chi connectivity index (χ0v) is 9.21. The van der Waals surface area contributed by atoms with Crippen molar-refractivity contribution in [3.8, 4) is 11.8 Å². The summed E-state index contributed by atoms with van der Waals surface area (Å²) >= 11 is 0. The van der Waals surface area contributed by atoms with E-state index in [4.69, 9.17) is 4.74 Å². The minimum absolute atomic E-state index is 0.327. The van der Waals surface area contributed by atoms with Crippen LogP contribution in [0.1, 0.15) is 5.56 Å². The summed E-state index contributed by atoms with van der Waals surface area (Å²) in [6.07, 6.45) is 6.83. The molecule has 16 heavy (non-hydrogen) atoms. The van der Waals surface area contributed by atoms with Gasteiger partial charge in [0, 0.05) is 31.5 Å². The Balaban J connectivity index is 2.05. The highest BCUT2D eigenvalue weighted by Gasteiger charge is 2.02. The van der Waals surface area contributed by atoms with E-state index in [0.29, 0.717) is 11.8 Å². The van der Waals surface area contributed by atoms with E-state index in [-0.39, 0.29) is 0 Å². The lowest BCUT2D eigenvalue weighted by molar-refractivity contribution is 0.440. The Labute approximate surface area is 93.3 Å².